The molecule has 1 amide bonds. The van der Waals surface area contributed by atoms with Crippen LogP contribution in [0.2, 0.25) is 0 Å². The molecular weight excluding hydrogens is 213 g/mol. The number of carbonyl (C=O) groups excluding carboxylic acids is 1. The summed E-state index contributed by atoms with van der Waals surface area (Å²) in [6, 6.07) is 0. The fourth-order valence-electron chi connectivity index (χ4n) is 0.886. The predicted octanol–water partition coefficient (Wildman–Crippen LogP) is 1.91. The van der Waals surface area contributed by atoms with E-state index in [-0.39, 0.29) is 5.69 Å². The second-order valence-electron chi connectivity index (χ2n) is 2.90. The maximum absolute atomic E-state index is 12.5. The number of nitrogens with zero attached hydrogens (tertiary/aromatic N) is 1. The summed E-state index contributed by atoms with van der Waals surface area (Å²) in [4.78, 5) is 11.0. The number of aromatic nitrogens is 1. The van der Waals surface area contributed by atoms with Gasteiger partial charge in [-0.2, -0.15) is 0 Å². The third-order valence-electron chi connectivity index (χ3n) is 1.68. The van der Waals surface area contributed by atoms with Crippen molar-refractivity contribution in [2.24, 2.45) is 0 Å². The van der Waals surface area contributed by atoms with Gasteiger partial charge >= 0.3 is 0 Å². The Labute approximate surface area is 83.4 Å². The van der Waals surface area contributed by atoms with Crippen LogP contribution in [0.1, 0.15) is 12.2 Å². The summed E-state index contributed by atoms with van der Waals surface area (Å²) < 4.78 is 40.6. The summed E-state index contributed by atoms with van der Waals surface area (Å²) in [5.41, 5.74) is 0.251. The fourth-order valence-corrected chi connectivity index (χ4v) is 0.886. The molecule has 7 heteroatoms. The summed E-state index contributed by atoms with van der Waals surface area (Å²) in [5, 5.41) is 5.56. The Bertz CT molecular complexity index is 340. The van der Waals surface area contributed by atoms with Crippen LogP contribution in [-0.2, 0) is 4.79 Å². The van der Waals surface area contributed by atoms with E-state index < -0.39 is 24.9 Å². The number of anilines is 1. The van der Waals surface area contributed by atoms with E-state index in [0.717, 1.165) is 0 Å². The molecule has 1 rings (SSSR count). The molecule has 1 N–H and O–H groups in total. The van der Waals surface area contributed by atoms with Gasteiger partial charge in [-0.1, -0.05) is 5.16 Å². The second-order valence-corrected chi connectivity index (χ2v) is 2.90. The average molecular weight is 222 g/mol. The van der Waals surface area contributed by atoms with Crippen molar-refractivity contribution >= 4 is 11.6 Å². The average Bonchev–Trinajstić information content (AvgIpc) is 2.51. The number of aryl methyl sites for hydroxylation is 1. The molecule has 0 aliphatic rings. The van der Waals surface area contributed by atoms with E-state index in [2.05, 4.69) is 15.0 Å². The summed E-state index contributed by atoms with van der Waals surface area (Å²) in [5.74, 6) is -0.509. The molecule has 0 saturated carbocycles. The maximum atomic E-state index is 12.5. The van der Waals surface area contributed by atoms with Gasteiger partial charge in [-0.05, 0) is 6.92 Å². The smallest absolute Gasteiger partial charge is 0.269 e. The van der Waals surface area contributed by atoms with E-state index >= 15 is 0 Å². The van der Waals surface area contributed by atoms with Crippen molar-refractivity contribution in [1.82, 2.24) is 5.16 Å². The van der Waals surface area contributed by atoms with Crippen LogP contribution < -0.4 is 5.32 Å². The molecular formula is C8H9F3N2O2. The highest BCUT2D eigenvalue weighted by Crippen LogP contribution is 2.15. The van der Waals surface area contributed by atoms with Crippen LogP contribution >= 0.6 is 0 Å². The van der Waals surface area contributed by atoms with Gasteiger partial charge in [0.05, 0.1) is 12.6 Å². The first-order chi connectivity index (χ1) is 7.00. The Hall–Kier alpha value is -1.53. The van der Waals surface area contributed by atoms with Crippen LogP contribution in [0, 0.1) is 6.92 Å². The number of amides is 1. The zero-order chi connectivity index (χ0) is 11.4. The molecule has 1 aromatic rings. The molecule has 0 aromatic carbocycles. The lowest BCUT2D eigenvalue weighted by Gasteiger charge is -2.06. The van der Waals surface area contributed by atoms with Crippen LogP contribution in [0.5, 0.6) is 0 Å². The lowest BCUT2D eigenvalue weighted by Crippen LogP contribution is -2.22. The number of halogens is 3. The largest absolute Gasteiger partial charge is 0.359 e. The van der Waals surface area contributed by atoms with Gasteiger partial charge in [-0.25, -0.2) is 13.2 Å². The van der Waals surface area contributed by atoms with Gasteiger partial charge in [0.25, 0.3) is 6.43 Å². The minimum Gasteiger partial charge on any atom is -0.359 e. The van der Waals surface area contributed by atoms with Gasteiger partial charge in [-0.3, -0.25) is 4.79 Å². The number of hydrogen-bond donors (Lipinski definition) is 1. The van der Waals surface area contributed by atoms with Gasteiger partial charge in [0.15, 0.2) is 11.9 Å². The standard InChI is InChI=1S/C8H9F3N2O2/c1-4-6(3-12-15-4)13-7(14)2-5(9)8(10)11/h3,5,8H,2H2,1H3,(H,13,14). The summed E-state index contributed by atoms with van der Waals surface area (Å²) in [6.07, 6.45) is -5.28. The van der Waals surface area contributed by atoms with Gasteiger partial charge in [0, 0.05) is 0 Å². The molecule has 84 valence electrons. The summed E-state index contributed by atoms with van der Waals surface area (Å²) in [6.45, 7) is 1.53. The van der Waals surface area contributed by atoms with E-state index in [1.54, 1.807) is 0 Å². The third kappa shape index (κ3) is 3.26. The number of rotatable bonds is 4. The molecule has 0 fully saturated rings. The lowest BCUT2D eigenvalue weighted by atomic mass is 10.2. The molecule has 0 spiro atoms. The van der Waals surface area contributed by atoms with Gasteiger partial charge < -0.3 is 9.84 Å². The zero-order valence-corrected chi connectivity index (χ0v) is 7.84. The molecule has 0 aliphatic heterocycles. The van der Waals surface area contributed by atoms with Crippen LogP contribution in [0.4, 0.5) is 18.9 Å². The topological polar surface area (TPSA) is 55.1 Å². The minimum atomic E-state index is -3.15. The highest BCUT2D eigenvalue weighted by Gasteiger charge is 2.23. The Morgan fingerprint density at radius 1 is 1.60 bits per heavy atom. The first-order valence-electron chi connectivity index (χ1n) is 4.14. The van der Waals surface area contributed by atoms with Gasteiger partial charge in [-0.15, -0.1) is 0 Å². The molecule has 0 aliphatic carbocycles. The SMILES string of the molecule is Cc1oncc1NC(=O)CC(F)C(F)F. The molecule has 1 unspecified atom stereocenters. The normalized spacial score (nSPS) is 12.9. The van der Waals surface area contributed by atoms with Crippen LogP contribution in [0.15, 0.2) is 10.7 Å². The number of nitrogens with one attached hydrogen (secondary N) is 1. The first kappa shape index (κ1) is 11.5. The minimum absolute atomic E-state index is 0.251. The van der Waals surface area contributed by atoms with Crippen LogP contribution in [0.3, 0.4) is 0 Å². The quantitative estimate of drug-likeness (QED) is 0.846. The van der Waals surface area contributed by atoms with E-state index in [4.69, 9.17) is 0 Å². The van der Waals surface area contributed by atoms with Crippen molar-refractivity contribution in [3.8, 4) is 0 Å². The second kappa shape index (κ2) is 4.81. The number of alkyl halides is 3. The summed E-state index contributed by atoms with van der Waals surface area (Å²) in [7, 11) is 0. The third-order valence-corrected chi connectivity index (χ3v) is 1.68. The molecule has 15 heavy (non-hydrogen) atoms. The molecule has 1 atom stereocenters. The van der Waals surface area contributed by atoms with E-state index in [1.807, 2.05) is 0 Å². The lowest BCUT2D eigenvalue weighted by molar-refractivity contribution is -0.118. The monoisotopic (exact) mass is 222 g/mol. The Morgan fingerprint density at radius 2 is 2.27 bits per heavy atom. The van der Waals surface area contributed by atoms with Crippen molar-refractivity contribution in [2.75, 3.05) is 5.32 Å². The predicted molar refractivity (Wildman–Crippen MR) is 45.4 cm³/mol. The van der Waals surface area contributed by atoms with Crippen molar-refractivity contribution < 1.29 is 22.5 Å². The van der Waals surface area contributed by atoms with Crippen molar-refractivity contribution in [3.05, 3.63) is 12.0 Å². The summed E-state index contributed by atoms with van der Waals surface area (Å²) >= 11 is 0. The van der Waals surface area contributed by atoms with Gasteiger partial charge in [0.2, 0.25) is 5.91 Å². The zero-order valence-electron chi connectivity index (χ0n) is 7.84. The molecule has 0 radical (unpaired) electrons. The fraction of sp³-hybridized carbons (Fsp3) is 0.500. The van der Waals surface area contributed by atoms with Crippen molar-refractivity contribution in [1.29, 1.82) is 0 Å². The molecule has 4 nitrogen and oxygen atoms in total. The van der Waals surface area contributed by atoms with E-state index in [9.17, 15) is 18.0 Å². The van der Waals surface area contributed by atoms with E-state index in [1.165, 1.54) is 13.1 Å². The van der Waals surface area contributed by atoms with Crippen molar-refractivity contribution in [3.63, 3.8) is 0 Å². The Kier molecular flexibility index (Phi) is 3.70. The molecule has 1 heterocycles. The Balaban J connectivity index is 2.47. The first-order valence-corrected chi connectivity index (χ1v) is 4.14. The highest BCUT2D eigenvalue weighted by atomic mass is 19.3. The van der Waals surface area contributed by atoms with Crippen LogP contribution in [0.25, 0.3) is 0 Å². The Morgan fingerprint density at radius 3 is 2.73 bits per heavy atom. The van der Waals surface area contributed by atoms with E-state index in [0.29, 0.717) is 5.76 Å². The number of carbonyl (C=O) groups is 1. The van der Waals surface area contributed by atoms with Gasteiger partial charge in [0.1, 0.15) is 5.69 Å². The highest BCUT2D eigenvalue weighted by molar-refractivity contribution is 5.91. The maximum Gasteiger partial charge on any atom is 0.269 e. The molecule has 1 aromatic heterocycles. The molecule has 0 bridgehead atoms. The van der Waals surface area contributed by atoms with Crippen molar-refractivity contribution in [2.45, 2.75) is 25.9 Å². The number of hydrogen-bond acceptors (Lipinski definition) is 3. The molecule has 0 saturated heterocycles. The van der Waals surface area contributed by atoms with Crippen LogP contribution in [-0.4, -0.2) is 23.7 Å².